The predicted molar refractivity (Wildman–Crippen MR) is 85.0 cm³/mol. The van der Waals surface area contributed by atoms with E-state index in [2.05, 4.69) is 18.8 Å². The summed E-state index contributed by atoms with van der Waals surface area (Å²) in [6.07, 6.45) is 0. The minimum atomic E-state index is -3.70. The van der Waals surface area contributed by atoms with Crippen LogP contribution in [-0.2, 0) is 10.0 Å². The number of hydrogen-bond donors (Lipinski definition) is 2. The van der Waals surface area contributed by atoms with E-state index >= 15 is 0 Å². The standard InChI is InChI=1S/C13H10BrNO4SSe/c14-21-12-4-2-1-3-11(12)20(18,19)15-10-7-5-9(6-8-10)13(16)17/h1-8,15H,(H,16,17). The van der Waals surface area contributed by atoms with Gasteiger partial charge in [-0.3, -0.25) is 0 Å². The van der Waals surface area contributed by atoms with Crippen molar-refractivity contribution in [2.75, 3.05) is 4.72 Å². The van der Waals surface area contributed by atoms with E-state index in [1.165, 1.54) is 30.3 Å². The fraction of sp³-hybridized carbons (Fsp3) is 0. The molecule has 0 bridgehead atoms. The van der Waals surface area contributed by atoms with Crippen molar-refractivity contribution in [1.82, 2.24) is 0 Å². The molecule has 21 heavy (non-hydrogen) atoms. The Hall–Kier alpha value is -1.34. The monoisotopic (exact) mass is 435 g/mol. The van der Waals surface area contributed by atoms with Crippen LogP contribution < -0.4 is 9.18 Å². The second-order valence-corrected chi connectivity index (χ2v) is 8.59. The van der Waals surface area contributed by atoms with Crippen LogP contribution in [0.25, 0.3) is 0 Å². The molecule has 0 saturated carbocycles. The molecule has 0 saturated heterocycles. The molecule has 2 N–H and O–H groups in total. The number of nitrogens with one attached hydrogen (secondary N) is 1. The molecule has 5 nitrogen and oxygen atoms in total. The number of halogens is 1. The van der Waals surface area contributed by atoms with Crippen LogP contribution in [0.15, 0.2) is 53.4 Å². The third-order valence-corrected chi connectivity index (χ3v) is 7.24. The minimum absolute atomic E-state index is 0.0992. The van der Waals surface area contributed by atoms with E-state index in [-0.39, 0.29) is 23.6 Å². The fourth-order valence-corrected chi connectivity index (χ4v) is 6.28. The molecule has 0 aromatic heterocycles. The molecule has 0 aliphatic rings. The first kappa shape index (κ1) is 16.0. The Morgan fingerprint density at radius 3 is 2.29 bits per heavy atom. The van der Waals surface area contributed by atoms with E-state index in [1.807, 2.05) is 0 Å². The van der Waals surface area contributed by atoms with Crippen LogP contribution in [0, 0.1) is 0 Å². The Morgan fingerprint density at radius 2 is 1.71 bits per heavy atom. The molecule has 0 atom stereocenters. The zero-order valence-electron chi connectivity index (χ0n) is 10.5. The Labute approximate surface area is 135 Å². The Balaban J connectivity index is 2.31. The second-order valence-electron chi connectivity index (χ2n) is 4.01. The van der Waals surface area contributed by atoms with Crippen LogP contribution in [0.5, 0.6) is 0 Å². The van der Waals surface area contributed by atoms with Gasteiger partial charge < -0.3 is 0 Å². The zero-order chi connectivity index (χ0) is 15.5. The summed E-state index contributed by atoms with van der Waals surface area (Å²) in [6, 6.07) is 12.2. The molecule has 0 radical (unpaired) electrons. The van der Waals surface area contributed by atoms with Gasteiger partial charge in [-0.1, -0.05) is 0 Å². The molecular weight excluding hydrogens is 425 g/mol. The number of carboxylic acids is 1. The van der Waals surface area contributed by atoms with E-state index in [4.69, 9.17) is 5.11 Å². The van der Waals surface area contributed by atoms with E-state index in [0.29, 0.717) is 10.1 Å². The van der Waals surface area contributed by atoms with Gasteiger partial charge in [0.25, 0.3) is 0 Å². The number of anilines is 1. The molecule has 2 aromatic carbocycles. The normalized spacial score (nSPS) is 11.1. The van der Waals surface area contributed by atoms with Crippen molar-refractivity contribution in [2.45, 2.75) is 4.90 Å². The van der Waals surface area contributed by atoms with Crippen molar-refractivity contribution in [2.24, 2.45) is 0 Å². The fourth-order valence-electron chi connectivity index (χ4n) is 1.63. The Bertz CT molecular complexity index is 762. The van der Waals surface area contributed by atoms with Crippen LogP contribution >= 0.6 is 14.1 Å². The molecule has 0 fully saturated rings. The molecule has 0 unspecified atom stereocenters. The average Bonchev–Trinajstić information content (AvgIpc) is 2.47. The van der Waals surface area contributed by atoms with Crippen molar-refractivity contribution in [3.8, 4) is 0 Å². The first-order valence-corrected chi connectivity index (χ1v) is 12.0. The number of aromatic carboxylic acids is 1. The molecule has 8 heteroatoms. The van der Waals surface area contributed by atoms with Gasteiger partial charge in [-0.25, -0.2) is 0 Å². The SMILES string of the molecule is O=C(O)c1ccc(NS(=O)(=O)c2ccccc2[Se]Br)cc1. The summed E-state index contributed by atoms with van der Waals surface area (Å²) < 4.78 is 27.9. The number of benzene rings is 2. The molecule has 0 spiro atoms. The van der Waals surface area contributed by atoms with Gasteiger partial charge >= 0.3 is 135 Å². The maximum atomic E-state index is 12.4. The molecular formula is C13H10BrNO4SSe. The predicted octanol–water partition coefficient (Wildman–Crippen LogP) is 1.82. The van der Waals surface area contributed by atoms with Crippen LogP contribution in [-0.4, -0.2) is 32.6 Å². The van der Waals surface area contributed by atoms with E-state index in [9.17, 15) is 13.2 Å². The molecule has 0 heterocycles. The first-order valence-electron chi connectivity index (χ1n) is 5.68. The molecule has 2 rings (SSSR count). The van der Waals surface area contributed by atoms with Gasteiger partial charge in [0.1, 0.15) is 0 Å². The summed E-state index contributed by atoms with van der Waals surface area (Å²) in [6.45, 7) is 0. The van der Waals surface area contributed by atoms with Crippen LogP contribution in [0.3, 0.4) is 0 Å². The van der Waals surface area contributed by atoms with E-state index in [0.717, 1.165) is 0 Å². The van der Waals surface area contributed by atoms with Gasteiger partial charge in [-0.15, -0.1) is 0 Å². The van der Waals surface area contributed by atoms with Crippen LogP contribution in [0.4, 0.5) is 5.69 Å². The third-order valence-electron chi connectivity index (χ3n) is 2.61. The van der Waals surface area contributed by atoms with Gasteiger partial charge in [-0.05, 0) is 0 Å². The van der Waals surface area contributed by atoms with Crippen molar-refractivity contribution in [3.63, 3.8) is 0 Å². The van der Waals surface area contributed by atoms with Gasteiger partial charge in [0, 0.05) is 0 Å². The third kappa shape index (κ3) is 3.85. The topological polar surface area (TPSA) is 83.5 Å². The number of hydrogen-bond acceptors (Lipinski definition) is 3. The molecule has 110 valence electrons. The van der Waals surface area contributed by atoms with Crippen LogP contribution in [0.2, 0.25) is 0 Å². The number of carboxylic acid groups (broad SMARTS) is 1. The van der Waals surface area contributed by atoms with E-state index < -0.39 is 16.0 Å². The van der Waals surface area contributed by atoms with Crippen molar-refractivity contribution in [1.29, 1.82) is 0 Å². The number of sulfonamides is 1. The van der Waals surface area contributed by atoms with Crippen molar-refractivity contribution < 1.29 is 18.3 Å². The van der Waals surface area contributed by atoms with Gasteiger partial charge in [0.2, 0.25) is 0 Å². The first-order chi connectivity index (χ1) is 9.94. The molecule has 0 aliphatic carbocycles. The maximum absolute atomic E-state index is 12.4. The van der Waals surface area contributed by atoms with Crippen LogP contribution in [0.1, 0.15) is 10.4 Å². The molecule has 2 aromatic rings. The summed E-state index contributed by atoms with van der Waals surface area (Å²) in [7, 11) is -3.70. The Kier molecular flexibility index (Phi) is 5.05. The zero-order valence-corrected chi connectivity index (χ0v) is 14.6. The van der Waals surface area contributed by atoms with Crippen molar-refractivity contribution >= 4 is 53.4 Å². The second kappa shape index (κ2) is 6.61. The summed E-state index contributed by atoms with van der Waals surface area (Å²) in [5.41, 5.74) is 0.416. The van der Waals surface area contributed by atoms with Gasteiger partial charge in [0.05, 0.1) is 0 Å². The van der Waals surface area contributed by atoms with Gasteiger partial charge in [-0.2, -0.15) is 0 Å². The molecule has 0 aliphatic heterocycles. The average molecular weight is 435 g/mol. The Morgan fingerprint density at radius 1 is 1.10 bits per heavy atom. The summed E-state index contributed by atoms with van der Waals surface area (Å²) in [5.74, 6) is -1.06. The van der Waals surface area contributed by atoms with Gasteiger partial charge in [0.15, 0.2) is 0 Å². The summed E-state index contributed by atoms with van der Waals surface area (Å²) in [4.78, 5) is 11.0. The molecule has 0 amide bonds. The number of carbonyl (C=O) groups is 1. The van der Waals surface area contributed by atoms with E-state index in [1.54, 1.807) is 18.2 Å². The number of rotatable bonds is 5. The van der Waals surface area contributed by atoms with Crippen molar-refractivity contribution in [3.05, 3.63) is 54.1 Å². The summed E-state index contributed by atoms with van der Waals surface area (Å²) >= 11 is 3.18. The summed E-state index contributed by atoms with van der Waals surface area (Å²) in [5, 5.41) is 8.81. The quantitative estimate of drug-likeness (QED) is 0.703.